The molecular weight excluding hydrogens is 469 g/mol. The summed E-state index contributed by atoms with van der Waals surface area (Å²) in [7, 11) is 0. The van der Waals surface area contributed by atoms with Gasteiger partial charge in [0.1, 0.15) is 12.4 Å². The Balaban J connectivity index is 0.00000364. The third-order valence-corrected chi connectivity index (χ3v) is 4.77. The van der Waals surface area contributed by atoms with E-state index in [-0.39, 0.29) is 24.0 Å². The predicted octanol–water partition coefficient (Wildman–Crippen LogP) is 3.94. The average Bonchev–Trinajstić information content (AvgIpc) is 3.12. The van der Waals surface area contributed by atoms with E-state index in [0.29, 0.717) is 6.54 Å². The van der Waals surface area contributed by atoms with Crippen LogP contribution in [-0.4, -0.2) is 40.6 Å². The van der Waals surface area contributed by atoms with Crippen LogP contribution in [0.3, 0.4) is 0 Å². The first-order chi connectivity index (χ1) is 12.8. The second-order valence-corrected chi connectivity index (χ2v) is 7.08. The Labute approximate surface area is 184 Å². The predicted molar refractivity (Wildman–Crippen MR) is 128 cm³/mol. The first-order valence-corrected chi connectivity index (χ1v) is 10.8. The number of aromatic nitrogens is 2. The molecule has 5 nitrogen and oxygen atoms in total. The van der Waals surface area contributed by atoms with Crippen LogP contribution < -0.4 is 10.6 Å². The van der Waals surface area contributed by atoms with Gasteiger partial charge >= 0.3 is 0 Å². The number of hydrogen-bond donors (Lipinski definition) is 2. The van der Waals surface area contributed by atoms with Gasteiger partial charge < -0.3 is 15.2 Å². The maximum absolute atomic E-state index is 4.70. The molecule has 0 aliphatic carbocycles. The smallest absolute Gasteiger partial charge is 0.191 e. The largest absolute Gasteiger partial charge is 0.357 e. The lowest BCUT2D eigenvalue weighted by Crippen LogP contribution is -2.37. The summed E-state index contributed by atoms with van der Waals surface area (Å²) < 4.78 is 2.19. The van der Waals surface area contributed by atoms with Gasteiger partial charge in [-0.2, -0.15) is 11.8 Å². The molecule has 0 bridgehead atoms. The van der Waals surface area contributed by atoms with Crippen LogP contribution in [0.25, 0.3) is 0 Å². The van der Waals surface area contributed by atoms with Crippen LogP contribution in [0.5, 0.6) is 0 Å². The fourth-order valence-electron chi connectivity index (χ4n) is 2.66. The minimum absolute atomic E-state index is 0. The SMILES string of the molecule is CCNC(=NCc1nccn1CCc1ccccc1)NCCCCSC.I. The fraction of sp³-hybridized carbons (Fsp3) is 0.500. The van der Waals surface area contributed by atoms with Crippen molar-refractivity contribution in [3.63, 3.8) is 0 Å². The molecule has 2 N–H and O–H groups in total. The van der Waals surface area contributed by atoms with Crippen molar-refractivity contribution in [2.24, 2.45) is 4.99 Å². The molecule has 0 spiro atoms. The number of aliphatic imine (C=N–C) groups is 1. The van der Waals surface area contributed by atoms with Gasteiger partial charge in [-0.3, -0.25) is 0 Å². The first kappa shape index (κ1) is 23.8. The molecule has 1 heterocycles. The van der Waals surface area contributed by atoms with Crippen molar-refractivity contribution in [1.82, 2.24) is 20.2 Å². The van der Waals surface area contributed by atoms with Gasteiger partial charge in [0.25, 0.3) is 0 Å². The molecule has 1 aromatic carbocycles. The van der Waals surface area contributed by atoms with Crippen molar-refractivity contribution in [2.45, 2.75) is 39.3 Å². The van der Waals surface area contributed by atoms with E-state index in [0.717, 1.165) is 44.3 Å². The van der Waals surface area contributed by atoms with Crippen LogP contribution in [0.1, 0.15) is 31.2 Å². The molecule has 150 valence electrons. The number of nitrogens with zero attached hydrogens (tertiary/aromatic N) is 3. The maximum atomic E-state index is 4.70. The van der Waals surface area contributed by atoms with Crippen molar-refractivity contribution in [2.75, 3.05) is 25.1 Å². The fourth-order valence-corrected chi connectivity index (χ4v) is 3.15. The number of thioether (sulfide) groups is 1. The van der Waals surface area contributed by atoms with Crippen molar-refractivity contribution in [3.05, 3.63) is 54.1 Å². The van der Waals surface area contributed by atoms with E-state index in [1.807, 2.05) is 24.2 Å². The number of halogens is 1. The summed E-state index contributed by atoms with van der Waals surface area (Å²) in [6.45, 7) is 5.41. The topological polar surface area (TPSA) is 54.2 Å². The molecule has 7 heteroatoms. The Morgan fingerprint density at radius 3 is 2.74 bits per heavy atom. The van der Waals surface area contributed by atoms with E-state index in [2.05, 4.69) is 63.7 Å². The van der Waals surface area contributed by atoms with Crippen LogP contribution in [0.15, 0.2) is 47.7 Å². The molecule has 1 aromatic heterocycles. The van der Waals surface area contributed by atoms with Crippen molar-refractivity contribution in [3.8, 4) is 0 Å². The zero-order valence-corrected chi connectivity index (χ0v) is 19.5. The van der Waals surface area contributed by atoms with Gasteiger partial charge in [0, 0.05) is 32.0 Å². The number of guanidine groups is 1. The number of aryl methyl sites for hydroxylation is 2. The second kappa shape index (κ2) is 14.8. The number of unbranched alkanes of at least 4 members (excludes halogenated alkanes) is 1. The third-order valence-electron chi connectivity index (χ3n) is 4.08. The van der Waals surface area contributed by atoms with Gasteiger partial charge in [0.2, 0.25) is 0 Å². The van der Waals surface area contributed by atoms with Crippen molar-refractivity contribution in [1.29, 1.82) is 0 Å². The molecule has 2 rings (SSSR count). The molecule has 0 amide bonds. The van der Waals surface area contributed by atoms with Crippen LogP contribution in [0, 0.1) is 0 Å². The van der Waals surface area contributed by atoms with Crippen LogP contribution in [0.2, 0.25) is 0 Å². The molecule has 0 saturated carbocycles. The molecule has 0 unspecified atom stereocenters. The minimum Gasteiger partial charge on any atom is -0.357 e. The lowest BCUT2D eigenvalue weighted by Gasteiger charge is -2.11. The first-order valence-electron chi connectivity index (χ1n) is 9.38. The third kappa shape index (κ3) is 9.51. The van der Waals surface area contributed by atoms with Gasteiger partial charge in [0.15, 0.2) is 5.96 Å². The van der Waals surface area contributed by atoms with Crippen molar-refractivity contribution >= 4 is 41.7 Å². The molecule has 0 fully saturated rings. The minimum atomic E-state index is 0. The summed E-state index contributed by atoms with van der Waals surface area (Å²) in [5.74, 6) is 3.09. The van der Waals surface area contributed by atoms with Gasteiger partial charge in [-0.1, -0.05) is 30.3 Å². The Hall–Kier alpha value is -1.22. The quantitative estimate of drug-likeness (QED) is 0.212. The molecule has 0 radical (unpaired) electrons. The van der Waals surface area contributed by atoms with Gasteiger partial charge in [-0.05, 0) is 43.8 Å². The Morgan fingerprint density at radius 2 is 2.00 bits per heavy atom. The standard InChI is InChI=1S/C20H31N5S.HI/c1-3-21-20(23-12-7-8-16-26-2)24-17-19-22-13-15-25(19)14-11-18-9-5-4-6-10-18;/h4-6,9-10,13,15H,3,7-8,11-12,14,16-17H2,1-2H3,(H2,21,23,24);1H. The lowest BCUT2D eigenvalue weighted by atomic mass is 10.1. The summed E-state index contributed by atoms with van der Waals surface area (Å²) in [6, 6.07) is 10.6. The van der Waals surface area contributed by atoms with Crippen molar-refractivity contribution < 1.29 is 0 Å². The molecule has 0 atom stereocenters. The zero-order valence-electron chi connectivity index (χ0n) is 16.4. The number of imidazole rings is 1. The molecule has 2 aromatic rings. The highest BCUT2D eigenvalue weighted by molar-refractivity contribution is 14.0. The monoisotopic (exact) mass is 501 g/mol. The van der Waals surface area contributed by atoms with Crippen LogP contribution in [0.4, 0.5) is 0 Å². The normalized spacial score (nSPS) is 11.1. The van der Waals surface area contributed by atoms with E-state index in [1.165, 1.54) is 17.7 Å². The van der Waals surface area contributed by atoms with Gasteiger partial charge in [-0.25, -0.2) is 9.98 Å². The Morgan fingerprint density at radius 1 is 1.19 bits per heavy atom. The summed E-state index contributed by atoms with van der Waals surface area (Å²) in [5, 5.41) is 6.72. The summed E-state index contributed by atoms with van der Waals surface area (Å²) >= 11 is 1.90. The van der Waals surface area contributed by atoms with Gasteiger partial charge in [0.05, 0.1) is 0 Å². The number of benzene rings is 1. The summed E-state index contributed by atoms with van der Waals surface area (Å²) in [6.07, 6.45) is 9.45. The number of rotatable bonds is 11. The number of nitrogens with one attached hydrogen (secondary N) is 2. The molecule has 0 saturated heterocycles. The molecule has 0 aliphatic heterocycles. The Kier molecular flexibility index (Phi) is 13.0. The summed E-state index contributed by atoms with van der Waals surface area (Å²) in [5.41, 5.74) is 1.34. The Bertz CT molecular complexity index is 645. The van der Waals surface area contributed by atoms with E-state index < -0.39 is 0 Å². The van der Waals surface area contributed by atoms with Gasteiger partial charge in [-0.15, -0.1) is 24.0 Å². The molecular formula is C20H32IN5S. The van der Waals surface area contributed by atoms with Crippen LogP contribution in [-0.2, 0) is 19.5 Å². The zero-order chi connectivity index (χ0) is 18.5. The highest BCUT2D eigenvalue weighted by Gasteiger charge is 2.04. The highest BCUT2D eigenvalue weighted by Crippen LogP contribution is 2.05. The van der Waals surface area contributed by atoms with Crippen LogP contribution >= 0.6 is 35.7 Å². The highest BCUT2D eigenvalue weighted by atomic mass is 127. The maximum Gasteiger partial charge on any atom is 0.191 e. The van der Waals surface area contributed by atoms with E-state index in [4.69, 9.17) is 4.99 Å². The second-order valence-electron chi connectivity index (χ2n) is 6.09. The average molecular weight is 501 g/mol. The van der Waals surface area contributed by atoms with E-state index in [1.54, 1.807) is 0 Å². The number of hydrogen-bond acceptors (Lipinski definition) is 3. The molecule has 0 aliphatic rings. The lowest BCUT2D eigenvalue weighted by molar-refractivity contribution is 0.649. The van der Waals surface area contributed by atoms with E-state index >= 15 is 0 Å². The summed E-state index contributed by atoms with van der Waals surface area (Å²) in [4.78, 5) is 9.17. The molecule has 27 heavy (non-hydrogen) atoms. The van der Waals surface area contributed by atoms with E-state index in [9.17, 15) is 0 Å².